The second kappa shape index (κ2) is 7.79. The van der Waals surface area contributed by atoms with E-state index in [1.54, 1.807) is 0 Å². The number of hydrogen-bond donors (Lipinski definition) is 0. The van der Waals surface area contributed by atoms with Gasteiger partial charge in [0.1, 0.15) is 0 Å². The molecule has 0 amide bonds. The van der Waals surface area contributed by atoms with E-state index in [2.05, 4.69) is 83.7 Å². The minimum absolute atomic E-state index is 0.973. The zero-order valence-corrected chi connectivity index (χ0v) is 24.7. The van der Waals surface area contributed by atoms with E-state index in [-0.39, 0.29) is 0 Å². The van der Waals surface area contributed by atoms with Crippen LogP contribution in [-0.4, -0.2) is 57.5 Å². The molecule has 1 nitrogen and oxygen atoms in total. The van der Waals surface area contributed by atoms with Gasteiger partial charge in [0, 0.05) is 0 Å². The summed E-state index contributed by atoms with van der Waals surface area (Å²) in [6, 6.07) is 0. The Kier molecular flexibility index (Phi) is 8.30. The summed E-state index contributed by atoms with van der Waals surface area (Å²) < 4.78 is 7.04. The molecule has 0 aromatic heterocycles. The van der Waals surface area contributed by atoms with Gasteiger partial charge in [-0.15, -0.1) is 0 Å². The van der Waals surface area contributed by atoms with Gasteiger partial charge in [-0.1, -0.05) is 0 Å². The summed E-state index contributed by atoms with van der Waals surface area (Å²) in [7, 11) is -4.92. The fourth-order valence-corrected chi connectivity index (χ4v) is 72.8. The van der Waals surface area contributed by atoms with Gasteiger partial charge < -0.3 is 0 Å². The van der Waals surface area contributed by atoms with Crippen LogP contribution in [0.3, 0.4) is 0 Å². The van der Waals surface area contributed by atoms with Crippen LogP contribution in [0.15, 0.2) is 3.21 Å². The Labute approximate surface area is 156 Å². The van der Waals surface area contributed by atoms with E-state index in [4.69, 9.17) is 15.4 Å². The van der Waals surface area contributed by atoms with Gasteiger partial charge in [0.05, 0.1) is 0 Å². The first-order valence-corrected chi connectivity index (χ1v) is 27.7. The van der Waals surface area contributed by atoms with Crippen molar-refractivity contribution in [1.29, 1.82) is 0 Å². The summed E-state index contributed by atoms with van der Waals surface area (Å²) in [5, 5.41) is 2.90. The number of hydrogen-bond acceptors (Lipinski definition) is 2. The van der Waals surface area contributed by atoms with E-state index in [0.29, 0.717) is 0 Å². The Hall–Kier alpha value is 1.47. The fraction of sp³-hybridized carbons (Fsp3) is 0.933. The molecule has 0 aliphatic heterocycles. The van der Waals surface area contributed by atoms with Crippen molar-refractivity contribution < 1.29 is 0 Å². The van der Waals surface area contributed by atoms with E-state index in [1.165, 1.54) is 0 Å². The van der Waals surface area contributed by atoms with E-state index in [9.17, 15) is 0 Å². The molecule has 0 spiro atoms. The maximum atomic E-state index is 5.15. The average molecular weight is 496 g/mol. The summed E-state index contributed by atoms with van der Waals surface area (Å²) in [5.41, 5.74) is 0. The molecule has 0 heterocycles. The fourth-order valence-electron chi connectivity index (χ4n) is 4.72. The quantitative estimate of drug-likeness (QED) is 0.228. The third kappa shape index (κ3) is 6.76. The molecule has 0 fully saturated rings. The van der Waals surface area contributed by atoms with Crippen LogP contribution in [0.25, 0.3) is 0 Å². The van der Waals surface area contributed by atoms with Crippen LogP contribution in [0, 0.1) is 0 Å². The van der Waals surface area contributed by atoms with Gasteiger partial charge in [0.15, 0.2) is 0 Å². The molecule has 0 unspecified atom stereocenters. The molecule has 0 aliphatic rings. The van der Waals surface area contributed by atoms with Crippen LogP contribution in [0.5, 0.6) is 0 Å². The number of nitrogens with zero attached hydrogens (tertiary/aromatic N) is 1. The SMILES string of the molecule is C[Si](C)(C)[CH]([Sn]([N]=C=S)[CH]([Si](C)(C)C)[Si](C)(C)C)[Si](C)(C)C. The van der Waals surface area contributed by atoms with Crippen LogP contribution < -0.4 is 0 Å². The molecule has 0 rings (SSSR count). The molecule has 0 saturated heterocycles. The molecule has 0 N–H and O–H groups in total. The Morgan fingerprint density at radius 3 is 1.00 bits per heavy atom. The Bertz CT molecular complexity index is 363. The third-order valence-electron chi connectivity index (χ3n) is 4.23. The van der Waals surface area contributed by atoms with E-state index < -0.39 is 52.3 Å². The summed E-state index contributed by atoms with van der Waals surface area (Å²) in [6.45, 7) is 31.0. The zero-order chi connectivity index (χ0) is 18.1. The van der Waals surface area contributed by atoms with E-state index >= 15 is 0 Å². The minimum atomic E-state index is -2.03. The topological polar surface area (TPSA) is 12.4 Å². The van der Waals surface area contributed by atoms with Gasteiger partial charge in [0.2, 0.25) is 0 Å². The van der Waals surface area contributed by atoms with Gasteiger partial charge in [-0.05, 0) is 0 Å². The van der Waals surface area contributed by atoms with Crippen molar-refractivity contribution >= 4 is 69.7 Å². The van der Waals surface area contributed by atoms with Crippen molar-refractivity contribution in [2.45, 2.75) is 84.9 Å². The molecule has 1 radical (unpaired) electrons. The number of rotatable bonds is 7. The summed E-state index contributed by atoms with van der Waals surface area (Å²) in [6.07, 6.45) is 0. The molecule has 0 aromatic carbocycles. The van der Waals surface area contributed by atoms with Crippen LogP contribution in [0.2, 0.25) is 84.9 Å². The standard InChI is InChI=1S/2C7H19Si2.CNS.Sn/c2*1-8(2,3)7-9(4,5)6;2-1-3;/h2*7H,1-6H3;;/q;;-1;+1. The average Bonchev–Trinajstić information content (AvgIpc) is 2.06. The molecule has 0 atom stereocenters. The first-order chi connectivity index (χ1) is 9.44. The predicted molar refractivity (Wildman–Crippen MR) is 122 cm³/mol. The molecule has 0 bridgehead atoms. The third-order valence-corrected chi connectivity index (χ3v) is 64.1. The van der Waals surface area contributed by atoms with Gasteiger partial charge in [-0.2, -0.15) is 0 Å². The Balaban J connectivity index is 6.33. The van der Waals surface area contributed by atoms with Crippen molar-refractivity contribution in [2.75, 3.05) is 0 Å². The molecular weight excluding hydrogens is 457 g/mol. The number of thiocarbonyl (C=S) groups is 1. The molecule has 0 saturated carbocycles. The van der Waals surface area contributed by atoms with Crippen molar-refractivity contribution in [1.82, 2.24) is 0 Å². The first kappa shape index (κ1) is 23.5. The van der Waals surface area contributed by atoms with Crippen molar-refractivity contribution in [3.8, 4) is 0 Å². The van der Waals surface area contributed by atoms with E-state index in [1.807, 2.05) is 0 Å². The molecular formula is C15H38NSSi4Sn. The second-order valence-electron chi connectivity index (χ2n) is 11.0. The van der Waals surface area contributed by atoms with Gasteiger partial charge in [-0.3, -0.25) is 0 Å². The summed E-state index contributed by atoms with van der Waals surface area (Å²) in [4.78, 5) is 0. The first-order valence-electron chi connectivity index (χ1n) is 8.38. The molecule has 22 heavy (non-hydrogen) atoms. The molecule has 7 heteroatoms. The van der Waals surface area contributed by atoms with Crippen molar-refractivity contribution in [3.63, 3.8) is 0 Å². The summed E-state index contributed by atoms with van der Waals surface area (Å²) in [5.74, 6) is 0. The normalized spacial score (nSPS) is 14.7. The van der Waals surface area contributed by atoms with Crippen LogP contribution in [0.4, 0.5) is 0 Å². The molecule has 129 valence electrons. The van der Waals surface area contributed by atoms with Crippen LogP contribution in [0.1, 0.15) is 0 Å². The van der Waals surface area contributed by atoms with Crippen LogP contribution in [-0.2, 0) is 0 Å². The van der Waals surface area contributed by atoms with Gasteiger partial charge in [-0.25, -0.2) is 0 Å². The van der Waals surface area contributed by atoms with Crippen molar-refractivity contribution in [3.05, 3.63) is 0 Å². The maximum absolute atomic E-state index is 5.15. The predicted octanol–water partition coefficient (Wildman–Crippen LogP) is 6.33. The molecule has 0 aromatic rings. The second-order valence-corrected chi connectivity index (χ2v) is 46.5. The molecule has 0 aliphatic carbocycles. The number of isothiocyanates is 1. The van der Waals surface area contributed by atoms with Crippen LogP contribution >= 0.6 is 12.2 Å². The Morgan fingerprint density at radius 1 is 0.636 bits per heavy atom. The van der Waals surface area contributed by atoms with E-state index in [0.717, 1.165) is 6.36 Å². The summed E-state index contributed by atoms with van der Waals surface area (Å²) >= 11 is 3.12. The zero-order valence-electron chi connectivity index (χ0n) is 17.0. The van der Waals surface area contributed by atoms with Gasteiger partial charge in [0.25, 0.3) is 0 Å². The monoisotopic (exact) mass is 496 g/mol. The van der Waals surface area contributed by atoms with Crippen molar-refractivity contribution in [2.24, 2.45) is 3.21 Å². The van der Waals surface area contributed by atoms with Gasteiger partial charge >= 0.3 is 158 Å². The Morgan fingerprint density at radius 2 is 0.864 bits per heavy atom.